The summed E-state index contributed by atoms with van der Waals surface area (Å²) in [6, 6.07) is 10.4. The summed E-state index contributed by atoms with van der Waals surface area (Å²) in [5.74, 6) is -0.161. The predicted molar refractivity (Wildman–Crippen MR) is 89.1 cm³/mol. The smallest absolute Gasteiger partial charge is 0.274 e. The van der Waals surface area contributed by atoms with Gasteiger partial charge in [0.2, 0.25) is 10.0 Å². The molecule has 0 saturated carbocycles. The average Bonchev–Trinajstić information content (AvgIpc) is 2.90. The molecule has 1 N–H and O–H groups in total. The van der Waals surface area contributed by atoms with Gasteiger partial charge in [-0.05, 0) is 43.2 Å². The predicted octanol–water partition coefficient (Wildman–Crippen LogP) is 2.18. The maximum Gasteiger partial charge on any atom is 0.274 e. The highest BCUT2D eigenvalue weighted by Crippen LogP contribution is 2.28. The molecule has 1 fully saturated rings. The average molecular weight is 331 g/mol. The van der Waals surface area contributed by atoms with Crippen molar-refractivity contribution < 1.29 is 13.2 Å². The molecule has 1 aliphatic rings. The van der Waals surface area contributed by atoms with Crippen LogP contribution in [0.25, 0.3) is 0 Å². The molecule has 1 saturated heterocycles. The lowest BCUT2D eigenvalue weighted by Gasteiger charge is -2.19. The van der Waals surface area contributed by atoms with E-state index in [1.54, 1.807) is 42.6 Å². The van der Waals surface area contributed by atoms with Gasteiger partial charge in [-0.25, -0.2) is 8.42 Å². The number of aromatic nitrogens is 1. The molecule has 3 rings (SSSR count). The Labute approximate surface area is 135 Å². The van der Waals surface area contributed by atoms with Crippen molar-refractivity contribution in [1.82, 2.24) is 4.98 Å². The van der Waals surface area contributed by atoms with Gasteiger partial charge in [-0.1, -0.05) is 12.1 Å². The lowest BCUT2D eigenvalue weighted by molar-refractivity contribution is 0.102. The second-order valence-electron chi connectivity index (χ2n) is 5.41. The van der Waals surface area contributed by atoms with E-state index < -0.39 is 10.0 Å². The van der Waals surface area contributed by atoms with Crippen molar-refractivity contribution in [3.8, 4) is 0 Å². The van der Waals surface area contributed by atoms with Crippen molar-refractivity contribution in [1.29, 1.82) is 0 Å². The van der Waals surface area contributed by atoms with E-state index in [1.165, 1.54) is 4.31 Å². The van der Waals surface area contributed by atoms with Gasteiger partial charge >= 0.3 is 0 Å². The summed E-state index contributed by atoms with van der Waals surface area (Å²) in [5.41, 5.74) is 2.32. The molecule has 0 unspecified atom stereocenters. The molecular formula is C16H17N3O3S. The Bertz CT molecular complexity index is 835. The van der Waals surface area contributed by atoms with Crippen LogP contribution in [0.2, 0.25) is 0 Å². The van der Waals surface area contributed by atoms with Crippen LogP contribution in [0.1, 0.15) is 22.5 Å². The first-order valence-electron chi connectivity index (χ1n) is 7.31. The van der Waals surface area contributed by atoms with Gasteiger partial charge in [0, 0.05) is 18.4 Å². The Morgan fingerprint density at radius 3 is 2.74 bits per heavy atom. The fourth-order valence-corrected chi connectivity index (χ4v) is 4.07. The van der Waals surface area contributed by atoms with Crippen molar-refractivity contribution in [2.75, 3.05) is 21.9 Å². The van der Waals surface area contributed by atoms with E-state index >= 15 is 0 Å². The standard InChI is InChI=1S/C16H17N3O3S/c1-12-6-7-13(19-9-4-10-23(19,21)22)11-15(12)18-16(20)14-5-2-3-8-17-14/h2-3,5-8,11H,4,9-10H2,1H3,(H,18,20). The molecule has 23 heavy (non-hydrogen) atoms. The Balaban J connectivity index is 1.88. The first-order valence-corrected chi connectivity index (χ1v) is 8.92. The highest BCUT2D eigenvalue weighted by molar-refractivity contribution is 7.93. The molecule has 1 aromatic heterocycles. The zero-order chi connectivity index (χ0) is 16.4. The largest absolute Gasteiger partial charge is 0.320 e. The number of anilines is 2. The maximum absolute atomic E-state index is 12.2. The van der Waals surface area contributed by atoms with E-state index in [4.69, 9.17) is 0 Å². The van der Waals surface area contributed by atoms with Gasteiger partial charge in [-0.2, -0.15) is 0 Å². The van der Waals surface area contributed by atoms with Gasteiger partial charge in [0.05, 0.1) is 11.4 Å². The molecule has 0 spiro atoms. The third kappa shape index (κ3) is 3.19. The molecule has 0 aliphatic carbocycles. The number of nitrogens with one attached hydrogen (secondary N) is 1. The summed E-state index contributed by atoms with van der Waals surface area (Å²) in [4.78, 5) is 16.2. The minimum atomic E-state index is -3.24. The molecule has 1 amide bonds. The van der Waals surface area contributed by atoms with Gasteiger partial charge < -0.3 is 5.32 Å². The number of carbonyl (C=O) groups excluding carboxylic acids is 1. The van der Waals surface area contributed by atoms with Crippen LogP contribution in [0.15, 0.2) is 42.6 Å². The molecular weight excluding hydrogens is 314 g/mol. The van der Waals surface area contributed by atoms with E-state index in [0.717, 1.165) is 5.56 Å². The number of hydrogen-bond acceptors (Lipinski definition) is 4. The summed E-state index contributed by atoms with van der Waals surface area (Å²) in [7, 11) is -3.24. The zero-order valence-corrected chi connectivity index (χ0v) is 13.5. The first kappa shape index (κ1) is 15.5. The zero-order valence-electron chi connectivity index (χ0n) is 12.7. The summed E-state index contributed by atoms with van der Waals surface area (Å²) in [6.45, 7) is 2.33. The van der Waals surface area contributed by atoms with Crippen molar-refractivity contribution in [3.63, 3.8) is 0 Å². The van der Waals surface area contributed by atoms with Gasteiger partial charge in [-0.15, -0.1) is 0 Å². The van der Waals surface area contributed by atoms with Crippen LogP contribution in [0.5, 0.6) is 0 Å². The van der Waals surface area contributed by atoms with Crippen LogP contribution in [0.4, 0.5) is 11.4 Å². The fourth-order valence-electron chi connectivity index (χ4n) is 2.51. The van der Waals surface area contributed by atoms with E-state index in [0.29, 0.717) is 30.0 Å². The van der Waals surface area contributed by atoms with E-state index in [2.05, 4.69) is 10.3 Å². The molecule has 2 aromatic rings. The van der Waals surface area contributed by atoms with Crippen LogP contribution in [-0.4, -0.2) is 31.6 Å². The van der Waals surface area contributed by atoms with Crippen molar-refractivity contribution in [3.05, 3.63) is 53.9 Å². The number of hydrogen-bond donors (Lipinski definition) is 1. The highest BCUT2D eigenvalue weighted by Gasteiger charge is 2.28. The van der Waals surface area contributed by atoms with Gasteiger partial charge in [0.1, 0.15) is 5.69 Å². The van der Waals surface area contributed by atoms with E-state index in [-0.39, 0.29) is 11.7 Å². The Morgan fingerprint density at radius 2 is 2.09 bits per heavy atom. The number of amides is 1. The third-order valence-corrected chi connectivity index (χ3v) is 5.62. The van der Waals surface area contributed by atoms with Crippen molar-refractivity contribution in [2.24, 2.45) is 0 Å². The number of nitrogens with zero attached hydrogens (tertiary/aromatic N) is 2. The molecule has 6 nitrogen and oxygen atoms in total. The Kier molecular flexibility index (Phi) is 4.04. The van der Waals surface area contributed by atoms with Crippen LogP contribution in [0, 0.1) is 6.92 Å². The SMILES string of the molecule is Cc1ccc(N2CCCS2(=O)=O)cc1NC(=O)c1ccccn1. The Hall–Kier alpha value is -2.41. The summed E-state index contributed by atoms with van der Waals surface area (Å²) in [6.07, 6.45) is 2.17. The molecule has 120 valence electrons. The lowest BCUT2D eigenvalue weighted by atomic mass is 10.1. The third-order valence-electron chi connectivity index (χ3n) is 3.75. The molecule has 0 radical (unpaired) electrons. The maximum atomic E-state index is 12.2. The topological polar surface area (TPSA) is 79.4 Å². The molecule has 1 aromatic carbocycles. The van der Waals surface area contributed by atoms with E-state index in [9.17, 15) is 13.2 Å². The first-order chi connectivity index (χ1) is 11.0. The van der Waals surface area contributed by atoms with Gasteiger partial charge in [0.25, 0.3) is 5.91 Å². The molecule has 1 aliphatic heterocycles. The quantitative estimate of drug-likeness (QED) is 0.935. The second-order valence-corrected chi connectivity index (χ2v) is 7.42. The van der Waals surface area contributed by atoms with Gasteiger partial charge in [-0.3, -0.25) is 14.1 Å². The fraction of sp³-hybridized carbons (Fsp3) is 0.250. The van der Waals surface area contributed by atoms with Gasteiger partial charge in [0.15, 0.2) is 0 Å². The number of rotatable bonds is 3. The summed E-state index contributed by atoms with van der Waals surface area (Å²) < 4.78 is 25.5. The number of benzene rings is 1. The van der Waals surface area contributed by atoms with Crippen LogP contribution in [-0.2, 0) is 10.0 Å². The number of carbonyl (C=O) groups is 1. The van der Waals surface area contributed by atoms with E-state index in [1.807, 2.05) is 6.92 Å². The van der Waals surface area contributed by atoms with Crippen LogP contribution >= 0.6 is 0 Å². The summed E-state index contributed by atoms with van der Waals surface area (Å²) in [5, 5.41) is 2.79. The monoisotopic (exact) mass is 331 g/mol. The summed E-state index contributed by atoms with van der Waals surface area (Å²) >= 11 is 0. The number of aryl methyl sites for hydroxylation is 1. The lowest BCUT2D eigenvalue weighted by Crippen LogP contribution is -2.25. The molecule has 2 heterocycles. The van der Waals surface area contributed by atoms with Crippen LogP contribution < -0.4 is 9.62 Å². The van der Waals surface area contributed by atoms with Crippen molar-refractivity contribution in [2.45, 2.75) is 13.3 Å². The molecule has 7 heteroatoms. The van der Waals surface area contributed by atoms with Crippen LogP contribution in [0.3, 0.4) is 0 Å². The second kappa shape index (κ2) is 6.00. The normalized spacial score (nSPS) is 16.3. The minimum Gasteiger partial charge on any atom is -0.320 e. The number of sulfonamides is 1. The molecule has 0 atom stereocenters. The highest BCUT2D eigenvalue weighted by atomic mass is 32.2. The molecule has 0 bridgehead atoms. The van der Waals surface area contributed by atoms with Crippen molar-refractivity contribution >= 4 is 27.3 Å². The Morgan fingerprint density at radius 1 is 1.26 bits per heavy atom. The minimum absolute atomic E-state index is 0.163. The number of pyridine rings is 1.